The molecule has 2 aromatic carbocycles. The number of benzene rings is 2. The SMILES string of the molecule is CSc1ccc(NC(=O)CN2CCCN(Cc3ccccc3)CC2)cc1. The molecule has 0 bridgehead atoms. The van der Waals surface area contributed by atoms with E-state index in [4.69, 9.17) is 0 Å². The highest BCUT2D eigenvalue weighted by molar-refractivity contribution is 7.98. The minimum atomic E-state index is 0.0680. The Labute approximate surface area is 160 Å². The Bertz CT molecular complexity index is 690. The van der Waals surface area contributed by atoms with E-state index >= 15 is 0 Å². The lowest BCUT2D eigenvalue weighted by Crippen LogP contribution is -2.36. The van der Waals surface area contributed by atoms with Gasteiger partial charge in [0.05, 0.1) is 6.54 Å². The lowest BCUT2D eigenvalue weighted by atomic mass is 10.2. The maximum Gasteiger partial charge on any atom is 0.238 e. The Balaban J connectivity index is 1.45. The van der Waals surface area contributed by atoms with Gasteiger partial charge >= 0.3 is 0 Å². The van der Waals surface area contributed by atoms with Crippen LogP contribution < -0.4 is 5.32 Å². The van der Waals surface area contributed by atoms with Crippen molar-refractivity contribution < 1.29 is 4.79 Å². The van der Waals surface area contributed by atoms with Crippen LogP contribution in [0.5, 0.6) is 0 Å². The van der Waals surface area contributed by atoms with Crippen LogP contribution in [0.1, 0.15) is 12.0 Å². The zero-order chi connectivity index (χ0) is 18.2. The highest BCUT2D eigenvalue weighted by Gasteiger charge is 2.17. The number of carbonyl (C=O) groups excluding carboxylic acids is 1. The fourth-order valence-corrected chi connectivity index (χ4v) is 3.67. The van der Waals surface area contributed by atoms with Crippen molar-refractivity contribution in [2.24, 2.45) is 0 Å². The molecule has 1 aliphatic rings. The van der Waals surface area contributed by atoms with Gasteiger partial charge in [-0.2, -0.15) is 0 Å². The standard InChI is InChI=1S/C21H27N3OS/c1-26-20-10-8-19(9-11-20)22-21(25)17-24-13-5-12-23(14-15-24)16-18-6-3-2-4-7-18/h2-4,6-11H,5,12-17H2,1H3,(H,22,25). The molecule has 0 saturated carbocycles. The molecule has 1 saturated heterocycles. The van der Waals surface area contributed by atoms with Crippen LogP contribution in [0.2, 0.25) is 0 Å². The molecule has 138 valence electrons. The molecule has 1 fully saturated rings. The molecule has 0 aliphatic carbocycles. The number of carbonyl (C=O) groups is 1. The first-order valence-electron chi connectivity index (χ1n) is 9.15. The first kappa shape index (κ1) is 19.0. The number of amides is 1. The second-order valence-corrected chi connectivity index (χ2v) is 7.55. The lowest BCUT2D eigenvalue weighted by Gasteiger charge is -2.21. The molecule has 1 heterocycles. The van der Waals surface area contributed by atoms with E-state index < -0.39 is 0 Å². The molecule has 0 spiro atoms. The van der Waals surface area contributed by atoms with Crippen LogP contribution in [0, 0.1) is 0 Å². The van der Waals surface area contributed by atoms with Crippen LogP contribution in [0.15, 0.2) is 59.5 Å². The highest BCUT2D eigenvalue weighted by atomic mass is 32.2. The Morgan fingerprint density at radius 2 is 1.65 bits per heavy atom. The van der Waals surface area contributed by atoms with E-state index in [0.29, 0.717) is 6.54 Å². The van der Waals surface area contributed by atoms with Gasteiger partial charge in [0.1, 0.15) is 0 Å². The monoisotopic (exact) mass is 369 g/mol. The maximum atomic E-state index is 12.3. The predicted molar refractivity (Wildman–Crippen MR) is 110 cm³/mol. The summed E-state index contributed by atoms with van der Waals surface area (Å²) in [7, 11) is 0. The molecular formula is C21H27N3OS. The van der Waals surface area contributed by atoms with Crippen molar-refractivity contribution in [3.63, 3.8) is 0 Å². The fourth-order valence-electron chi connectivity index (χ4n) is 3.26. The van der Waals surface area contributed by atoms with Crippen molar-refractivity contribution in [3.05, 3.63) is 60.2 Å². The molecule has 0 aromatic heterocycles. The maximum absolute atomic E-state index is 12.3. The summed E-state index contributed by atoms with van der Waals surface area (Å²) >= 11 is 1.70. The van der Waals surface area contributed by atoms with Gasteiger partial charge in [-0.1, -0.05) is 30.3 Å². The Hall–Kier alpha value is -1.82. The molecule has 0 unspecified atom stereocenters. The topological polar surface area (TPSA) is 35.6 Å². The zero-order valence-electron chi connectivity index (χ0n) is 15.4. The molecule has 2 aromatic rings. The first-order valence-corrected chi connectivity index (χ1v) is 10.4. The summed E-state index contributed by atoms with van der Waals surface area (Å²) in [6.45, 7) is 5.45. The number of thioether (sulfide) groups is 1. The second-order valence-electron chi connectivity index (χ2n) is 6.67. The van der Waals surface area contributed by atoms with Crippen molar-refractivity contribution in [3.8, 4) is 0 Å². The van der Waals surface area contributed by atoms with Gasteiger partial charge in [-0.05, 0) is 55.6 Å². The van der Waals surface area contributed by atoms with Gasteiger partial charge in [-0.15, -0.1) is 11.8 Å². The van der Waals surface area contributed by atoms with E-state index in [9.17, 15) is 4.79 Å². The number of nitrogens with one attached hydrogen (secondary N) is 1. The molecule has 26 heavy (non-hydrogen) atoms. The molecule has 3 rings (SSSR count). The summed E-state index contributed by atoms with van der Waals surface area (Å²) in [6.07, 6.45) is 3.15. The minimum Gasteiger partial charge on any atom is -0.325 e. The van der Waals surface area contributed by atoms with E-state index in [0.717, 1.165) is 44.8 Å². The molecule has 4 nitrogen and oxygen atoms in total. The number of hydrogen-bond donors (Lipinski definition) is 1. The average Bonchev–Trinajstić information content (AvgIpc) is 2.88. The van der Waals surface area contributed by atoms with Gasteiger partial charge in [0.2, 0.25) is 5.91 Å². The summed E-state index contributed by atoms with van der Waals surface area (Å²) in [4.78, 5) is 18.3. The first-order chi connectivity index (χ1) is 12.7. The molecule has 1 aliphatic heterocycles. The summed E-state index contributed by atoms with van der Waals surface area (Å²) in [5.74, 6) is 0.0680. The molecule has 0 atom stereocenters. The second kappa shape index (κ2) is 9.76. The van der Waals surface area contributed by atoms with E-state index in [-0.39, 0.29) is 5.91 Å². The van der Waals surface area contributed by atoms with Gasteiger partial charge in [-0.25, -0.2) is 0 Å². The third-order valence-electron chi connectivity index (χ3n) is 4.67. The third-order valence-corrected chi connectivity index (χ3v) is 5.41. The number of rotatable bonds is 6. The Kier molecular flexibility index (Phi) is 7.12. The van der Waals surface area contributed by atoms with E-state index in [1.165, 1.54) is 10.5 Å². The molecule has 0 radical (unpaired) electrons. The molecule has 5 heteroatoms. The molecular weight excluding hydrogens is 342 g/mol. The van der Waals surface area contributed by atoms with Crippen LogP contribution in [0.25, 0.3) is 0 Å². The van der Waals surface area contributed by atoms with Crippen molar-refractivity contribution in [2.75, 3.05) is 44.3 Å². The minimum absolute atomic E-state index is 0.0680. The predicted octanol–water partition coefficient (Wildman–Crippen LogP) is 3.55. The van der Waals surface area contributed by atoms with Crippen molar-refractivity contribution in [1.29, 1.82) is 0 Å². The van der Waals surface area contributed by atoms with Crippen LogP contribution >= 0.6 is 11.8 Å². The fraction of sp³-hybridized carbons (Fsp3) is 0.381. The van der Waals surface area contributed by atoms with Crippen molar-refractivity contribution >= 4 is 23.4 Å². The van der Waals surface area contributed by atoms with Crippen LogP contribution in [0.4, 0.5) is 5.69 Å². The smallest absolute Gasteiger partial charge is 0.238 e. The van der Waals surface area contributed by atoms with Gasteiger partial charge in [-0.3, -0.25) is 14.6 Å². The average molecular weight is 370 g/mol. The Morgan fingerprint density at radius 3 is 2.38 bits per heavy atom. The van der Waals surface area contributed by atoms with Crippen molar-refractivity contribution in [1.82, 2.24) is 9.80 Å². The summed E-state index contributed by atoms with van der Waals surface area (Å²) in [5.41, 5.74) is 2.22. The van der Waals surface area contributed by atoms with Gasteiger partial charge in [0, 0.05) is 30.2 Å². The van der Waals surface area contributed by atoms with E-state index in [1.807, 2.05) is 30.5 Å². The Morgan fingerprint density at radius 1 is 0.962 bits per heavy atom. The summed E-state index contributed by atoms with van der Waals surface area (Å²) < 4.78 is 0. The van der Waals surface area contributed by atoms with E-state index in [2.05, 4.69) is 45.4 Å². The molecule has 1 amide bonds. The normalized spacial score (nSPS) is 16.2. The number of hydrogen-bond acceptors (Lipinski definition) is 4. The number of anilines is 1. The van der Waals surface area contributed by atoms with E-state index in [1.54, 1.807) is 11.8 Å². The van der Waals surface area contributed by atoms with Crippen LogP contribution in [-0.4, -0.2) is 54.7 Å². The van der Waals surface area contributed by atoms with Gasteiger partial charge in [0.25, 0.3) is 0 Å². The van der Waals surface area contributed by atoms with Gasteiger partial charge in [0.15, 0.2) is 0 Å². The highest BCUT2D eigenvalue weighted by Crippen LogP contribution is 2.17. The van der Waals surface area contributed by atoms with Crippen LogP contribution in [0.3, 0.4) is 0 Å². The third kappa shape index (κ3) is 5.87. The quantitative estimate of drug-likeness (QED) is 0.790. The number of nitrogens with zero attached hydrogens (tertiary/aromatic N) is 2. The summed E-state index contributed by atoms with van der Waals surface area (Å²) in [5, 5.41) is 3.01. The largest absolute Gasteiger partial charge is 0.325 e. The summed E-state index contributed by atoms with van der Waals surface area (Å²) in [6, 6.07) is 18.6. The lowest BCUT2D eigenvalue weighted by molar-refractivity contribution is -0.117. The van der Waals surface area contributed by atoms with Crippen LogP contribution in [-0.2, 0) is 11.3 Å². The zero-order valence-corrected chi connectivity index (χ0v) is 16.2. The molecule has 1 N–H and O–H groups in total. The van der Waals surface area contributed by atoms with Crippen molar-refractivity contribution in [2.45, 2.75) is 17.9 Å². The van der Waals surface area contributed by atoms with Gasteiger partial charge < -0.3 is 5.32 Å².